The molecule has 1 saturated heterocycles. The van der Waals surface area contributed by atoms with Crippen molar-refractivity contribution in [2.45, 2.75) is 91.2 Å². The maximum Gasteiger partial charge on any atom is 0.332 e. The van der Waals surface area contributed by atoms with Gasteiger partial charge in [0.2, 0.25) is 0 Å². The van der Waals surface area contributed by atoms with Crippen LogP contribution in [0.2, 0.25) is 5.02 Å². The fourth-order valence-corrected chi connectivity index (χ4v) is 7.58. The molecule has 0 atom stereocenters. The lowest BCUT2D eigenvalue weighted by atomic mass is 9.49. The van der Waals surface area contributed by atoms with Gasteiger partial charge in [-0.1, -0.05) is 39.3 Å². The van der Waals surface area contributed by atoms with Gasteiger partial charge in [0.25, 0.3) is 5.91 Å². The molecule has 2 aromatic rings. The number of benzene rings is 1. The summed E-state index contributed by atoms with van der Waals surface area (Å²) in [7, 11) is 0. The maximum atomic E-state index is 13.3. The fraction of sp³-hybridized carbons (Fsp3) is 0.600. The highest BCUT2D eigenvalue weighted by molar-refractivity contribution is 6.31. The molecule has 11 heteroatoms. The van der Waals surface area contributed by atoms with Crippen LogP contribution < -0.4 is 15.0 Å². The van der Waals surface area contributed by atoms with E-state index in [0.717, 1.165) is 44.8 Å². The van der Waals surface area contributed by atoms with Crippen LogP contribution >= 0.6 is 11.6 Å². The number of carbonyl (C=O) groups is 2. The van der Waals surface area contributed by atoms with Crippen molar-refractivity contribution in [2.75, 3.05) is 37.7 Å². The van der Waals surface area contributed by atoms with Crippen molar-refractivity contribution >= 4 is 29.3 Å². The Labute approximate surface area is 277 Å². The van der Waals surface area contributed by atoms with E-state index in [0.29, 0.717) is 27.9 Å². The Hall–Kier alpha value is -3.39. The first kappa shape index (κ1) is 34.0. The van der Waals surface area contributed by atoms with E-state index in [4.69, 9.17) is 31.1 Å². The number of amides is 1. The van der Waals surface area contributed by atoms with Gasteiger partial charge in [0.05, 0.1) is 22.3 Å². The minimum absolute atomic E-state index is 0.00282. The summed E-state index contributed by atoms with van der Waals surface area (Å²) in [5.74, 6) is 0.981. The minimum Gasteiger partial charge on any atom is -0.489 e. The van der Waals surface area contributed by atoms with Crippen LogP contribution in [0.15, 0.2) is 36.5 Å². The van der Waals surface area contributed by atoms with Crippen molar-refractivity contribution in [1.29, 1.82) is 5.26 Å². The van der Waals surface area contributed by atoms with E-state index in [1.165, 1.54) is 0 Å². The quantitative estimate of drug-likeness (QED) is 0.364. The van der Waals surface area contributed by atoms with Gasteiger partial charge in [0, 0.05) is 61.4 Å². The summed E-state index contributed by atoms with van der Waals surface area (Å²) in [6.07, 6.45) is 3.43. The number of ether oxygens (including phenoxy) is 3. The Bertz CT molecular complexity index is 1450. The van der Waals surface area contributed by atoms with E-state index in [9.17, 15) is 9.59 Å². The lowest BCUT2D eigenvalue weighted by Crippen LogP contribution is -2.74. The highest BCUT2D eigenvalue weighted by Gasteiger charge is 2.64. The molecule has 3 aliphatic rings. The molecule has 5 rings (SSSR count). The standard InChI is InChI=1S/C35H46ClN5O5/c1-33(2,3)46-29(42)21-44-26-16-24(17-26)40-12-14-41(15-13-40)28-11-9-23(20-38-28)30(43)39-31-34(4,5)32(35(31,6)7)45-25-10-8-22(19-37)27(36)18-25/h8-11,18,20,24,26,31-32H,12-17,21H2,1-7H3,(H,39,43). The van der Waals surface area contributed by atoms with Crippen molar-refractivity contribution in [3.63, 3.8) is 0 Å². The largest absolute Gasteiger partial charge is 0.489 e. The van der Waals surface area contributed by atoms with Crippen molar-refractivity contribution in [3.05, 3.63) is 52.7 Å². The Balaban J connectivity index is 1.07. The highest BCUT2D eigenvalue weighted by Crippen LogP contribution is 2.55. The van der Waals surface area contributed by atoms with Gasteiger partial charge < -0.3 is 24.4 Å². The molecule has 0 radical (unpaired) electrons. The van der Waals surface area contributed by atoms with Crippen molar-refractivity contribution in [3.8, 4) is 11.8 Å². The topological polar surface area (TPSA) is 117 Å². The minimum atomic E-state index is -0.500. The lowest BCUT2D eigenvalue weighted by molar-refractivity contribution is -0.165. The second-order valence-electron chi connectivity index (χ2n) is 14.9. The van der Waals surface area contributed by atoms with Gasteiger partial charge >= 0.3 is 5.97 Å². The number of pyridine rings is 1. The van der Waals surface area contributed by atoms with Crippen molar-refractivity contribution in [2.24, 2.45) is 10.8 Å². The second kappa shape index (κ2) is 13.0. The zero-order valence-electron chi connectivity index (χ0n) is 27.9. The van der Waals surface area contributed by atoms with Crippen LogP contribution in [0.5, 0.6) is 5.75 Å². The molecule has 1 aliphatic heterocycles. The molecule has 248 valence electrons. The van der Waals surface area contributed by atoms with Crippen LogP contribution in [-0.4, -0.2) is 84.4 Å². The predicted molar refractivity (Wildman–Crippen MR) is 176 cm³/mol. The number of nitrogens with one attached hydrogen (secondary N) is 1. The molecular formula is C35H46ClN5O5. The first-order valence-corrected chi connectivity index (χ1v) is 16.4. The highest BCUT2D eigenvalue weighted by atomic mass is 35.5. The number of halogens is 1. The molecule has 0 spiro atoms. The molecule has 3 fully saturated rings. The van der Waals surface area contributed by atoms with Crippen LogP contribution in [0, 0.1) is 22.2 Å². The van der Waals surface area contributed by atoms with Crippen molar-refractivity contribution in [1.82, 2.24) is 15.2 Å². The smallest absolute Gasteiger partial charge is 0.332 e. The van der Waals surface area contributed by atoms with Gasteiger partial charge in [-0.15, -0.1) is 0 Å². The number of rotatable bonds is 9. The van der Waals surface area contributed by atoms with Crippen LogP contribution in [0.4, 0.5) is 5.82 Å². The second-order valence-corrected chi connectivity index (χ2v) is 15.3. The third-order valence-corrected chi connectivity index (χ3v) is 9.83. The van der Waals surface area contributed by atoms with E-state index in [1.54, 1.807) is 24.4 Å². The molecule has 10 nitrogen and oxygen atoms in total. The number of nitrogens with zero attached hydrogens (tertiary/aromatic N) is 4. The molecular weight excluding hydrogens is 606 g/mol. The zero-order valence-corrected chi connectivity index (χ0v) is 28.7. The number of aromatic nitrogens is 1. The van der Waals surface area contributed by atoms with Crippen LogP contribution in [-0.2, 0) is 14.3 Å². The monoisotopic (exact) mass is 651 g/mol. The van der Waals surface area contributed by atoms with Gasteiger partial charge in [-0.3, -0.25) is 9.69 Å². The van der Waals surface area contributed by atoms with Crippen LogP contribution in [0.1, 0.15) is 77.2 Å². The molecule has 2 saturated carbocycles. The van der Waals surface area contributed by atoms with E-state index in [2.05, 4.69) is 53.9 Å². The SMILES string of the molecule is CC(C)(C)OC(=O)COC1CC(N2CCN(c3ccc(C(=O)NC4C(C)(C)C(Oc5ccc(C#N)c(Cl)c5)C4(C)C)cn3)CC2)C1. The number of nitriles is 1. The number of piperazine rings is 1. The van der Waals surface area contributed by atoms with Crippen LogP contribution in [0.3, 0.4) is 0 Å². The zero-order chi connectivity index (χ0) is 33.4. The summed E-state index contributed by atoms with van der Waals surface area (Å²) in [5, 5.41) is 12.8. The average molecular weight is 652 g/mol. The van der Waals surface area contributed by atoms with Gasteiger partial charge in [-0.05, 0) is 57.9 Å². The number of hydrogen-bond acceptors (Lipinski definition) is 9. The predicted octanol–water partition coefficient (Wildman–Crippen LogP) is 5.23. The summed E-state index contributed by atoms with van der Waals surface area (Å²) in [6.45, 7) is 17.5. The molecule has 2 heterocycles. The van der Waals surface area contributed by atoms with Crippen molar-refractivity contribution < 1.29 is 23.8 Å². The normalized spacial score (nSPS) is 25.4. The molecule has 0 unspecified atom stereocenters. The van der Waals surface area contributed by atoms with E-state index in [-0.39, 0.29) is 47.6 Å². The fourth-order valence-electron chi connectivity index (χ4n) is 7.36. The molecule has 1 amide bonds. The third-order valence-electron chi connectivity index (χ3n) is 9.52. The number of esters is 1. The number of hydrogen-bond donors (Lipinski definition) is 1. The molecule has 0 bridgehead atoms. The van der Waals surface area contributed by atoms with Gasteiger partial charge in [0.1, 0.15) is 35.9 Å². The summed E-state index contributed by atoms with van der Waals surface area (Å²) in [4.78, 5) is 34.6. The van der Waals surface area contributed by atoms with Crippen LogP contribution in [0.25, 0.3) is 0 Å². The van der Waals surface area contributed by atoms with E-state index < -0.39 is 5.60 Å². The average Bonchev–Trinajstić information content (AvgIpc) is 2.97. The Morgan fingerprint density at radius 2 is 1.74 bits per heavy atom. The molecule has 1 N–H and O–H groups in total. The summed E-state index contributed by atoms with van der Waals surface area (Å²) in [5.41, 5.74) is -0.279. The van der Waals surface area contributed by atoms with Gasteiger partial charge in [-0.25, -0.2) is 9.78 Å². The van der Waals surface area contributed by atoms with E-state index >= 15 is 0 Å². The van der Waals surface area contributed by atoms with Gasteiger partial charge in [0.15, 0.2) is 0 Å². The first-order chi connectivity index (χ1) is 21.6. The Morgan fingerprint density at radius 3 is 2.30 bits per heavy atom. The number of anilines is 1. The lowest BCUT2D eigenvalue weighted by Gasteiger charge is -2.63. The molecule has 2 aliphatic carbocycles. The Kier molecular flexibility index (Phi) is 9.61. The summed E-state index contributed by atoms with van der Waals surface area (Å²) >= 11 is 6.22. The molecule has 46 heavy (non-hydrogen) atoms. The maximum absolute atomic E-state index is 13.3. The first-order valence-electron chi connectivity index (χ1n) is 16.0. The summed E-state index contributed by atoms with van der Waals surface area (Å²) < 4.78 is 17.4. The molecule has 1 aromatic carbocycles. The van der Waals surface area contributed by atoms with Gasteiger partial charge in [-0.2, -0.15) is 5.26 Å². The Morgan fingerprint density at radius 1 is 1.07 bits per heavy atom. The third kappa shape index (κ3) is 7.27. The molecule has 1 aromatic heterocycles. The van der Waals surface area contributed by atoms with E-state index in [1.807, 2.05) is 32.9 Å². The summed E-state index contributed by atoms with van der Waals surface area (Å²) in [6, 6.07) is 11.2. The number of carbonyl (C=O) groups excluding carboxylic acids is 2.